The summed E-state index contributed by atoms with van der Waals surface area (Å²) in [6.07, 6.45) is 0.644. The SMILES string of the molecule is C[C@@H](Cc1ccccc1)C(=O)OCC#N. The maximum Gasteiger partial charge on any atom is 0.310 e. The summed E-state index contributed by atoms with van der Waals surface area (Å²) in [5.74, 6) is -0.527. The molecule has 0 radical (unpaired) electrons. The standard InChI is InChI=1S/C12H13NO2/c1-10(12(14)15-8-7-13)9-11-5-3-2-4-6-11/h2-6,10H,8-9H2,1H3/t10-/m0/s1. The van der Waals surface area contributed by atoms with Crippen LogP contribution >= 0.6 is 0 Å². The van der Waals surface area contributed by atoms with Crippen LogP contribution in [0, 0.1) is 17.2 Å². The predicted molar refractivity (Wildman–Crippen MR) is 55.9 cm³/mol. The highest BCUT2D eigenvalue weighted by molar-refractivity contribution is 5.72. The number of carbonyl (C=O) groups is 1. The molecule has 1 aromatic rings. The van der Waals surface area contributed by atoms with Gasteiger partial charge in [-0.05, 0) is 12.0 Å². The second-order valence-electron chi connectivity index (χ2n) is 3.36. The van der Waals surface area contributed by atoms with Crippen LogP contribution < -0.4 is 0 Å². The first-order valence-corrected chi connectivity index (χ1v) is 4.81. The van der Waals surface area contributed by atoms with Gasteiger partial charge in [0.05, 0.1) is 5.92 Å². The smallest absolute Gasteiger partial charge is 0.310 e. The van der Waals surface area contributed by atoms with E-state index in [2.05, 4.69) is 0 Å². The number of ether oxygens (including phenoxy) is 1. The lowest BCUT2D eigenvalue weighted by molar-refractivity contribution is -0.146. The van der Waals surface area contributed by atoms with Gasteiger partial charge in [-0.25, -0.2) is 0 Å². The van der Waals surface area contributed by atoms with Crippen LogP contribution in [0.15, 0.2) is 30.3 Å². The quantitative estimate of drug-likeness (QED) is 0.702. The van der Waals surface area contributed by atoms with Gasteiger partial charge in [-0.2, -0.15) is 5.26 Å². The number of hydrogen-bond acceptors (Lipinski definition) is 3. The van der Waals surface area contributed by atoms with Crippen molar-refractivity contribution < 1.29 is 9.53 Å². The molecule has 3 nitrogen and oxygen atoms in total. The van der Waals surface area contributed by atoms with Gasteiger partial charge in [0.2, 0.25) is 0 Å². The van der Waals surface area contributed by atoms with Crippen molar-refractivity contribution in [1.82, 2.24) is 0 Å². The monoisotopic (exact) mass is 203 g/mol. The van der Waals surface area contributed by atoms with Crippen molar-refractivity contribution in [3.05, 3.63) is 35.9 Å². The molecule has 0 aliphatic carbocycles. The Bertz CT molecular complexity index is 354. The lowest BCUT2D eigenvalue weighted by Gasteiger charge is -2.09. The maximum absolute atomic E-state index is 11.3. The van der Waals surface area contributed by atoms with E-state index in [0.29, 0.717) is 6.42 Å². The van der Waals surface area contributed by atoms with E-state index in [1.807, 2.05) is 30.3 Å². The van der Waals surface area contributed by atoms with E-state index >= 15 is 0 Å². The molecule has 0 N–H and O–H groups in total. The largest absolute Gasteiger partial charge is 0.450 e. The molecule has 78 valence electrons. The van der Waals surface area contributed by atoms with E-state index in [0.717, 1.165) is 5.56 Å². The van der Waals surface area contributed by atoms with E-state index in [-0.39, 0.29) is 18.5 Å². The molecule has 0 bridgehead atoms. The number of nitriles is 1. The van der Waals surface area contributed by atoms with Gasteiger partial charge in [-0.15, -0.1) is 0 Å². The van der Waals surface area contributed by atoms with Gasteiger partial charge in [-0.3, -0.25) is 4.79 Å². The molecule has 15 heavy (non-hydrogen) atoms. The fraction of sp³-hybridized carbons (Fsp3) is 0.333. The third-order valence-electron chi connectivity index (χ3n) is 2.07. The summed E-state index contributed by atoms with van der Waals surface area (Å²) in [6, 6.07) is 11.5. The minimum absolute atomic E-state index is 0.169. The summed E-state index contributed by atoms with van der Waals surface area (Å²) in [5, 5.41) is 8.26. The Balaban J connectivity index is 2.46. The van der Waals surface area contributed by atoms with E-state index in [1.54, 1.807) is 13.0 Å². The van der Waals surface area contributed by atoms with Crippen molar-refractivity contribution in [2.75, 3.05) is 6.61 Å². The molecule has 0 aliphatic rings. The molecule has 0 fully saturated rings. The molecule has 0 unspecified atom stereocenters. The Hall–Kier alpha value is -1.82. The van der Waals surface area contributed by atoms with Crippen molar-refractivity contribution in [3.63, 3.8) is 0 Å². The summed E-state index contributed by atoms with van der Waals surface area (Å²) >= 11 is 0. The van der Waals surface area contributed by atoms with E-state index in [9.17, 15) is 4.79 Å². The van der Waals surface area contributed by atoms with Gasteiger partial charge < -0.3 is 4.74 Å². The van der Waals surface area contributed by atoms with E-state index in [1.165, 1.54) is 0 Å². The number of carbonyl (C=O) groups excluding carboxylic acids is 1. The minimum Gasteiger partial charge on any atom is -0.450 e. The first kappa shape index (κ1) is 11.3. The zero-order valence-electron chi connectivity index (χ0n) is 8.64. The van der Waals surface area contributed by atoms with Gasteiger partial charge in [0.15, 0.2) is 6.61 Å². The Labute approximate surface area is 89.3 Å². The van der Waals surface area contributed by atoms with Gasteiger partial charge in [0.1, 0.15) is 6.07 Å². The van der Waals surface area contributed by atoms with Crippen molar-refractivity contribution in [3.8, 4) is 6.07 Å². The number of hydrogen-bond donors (Lipinski definition) is 0. The van der Waals surface area contributed by atoms with Gasteiger partial charge in [-0.1, -0.05) is 37.3 Å². The third kappa shape index (κ3) is 3.82. The van der Waals surface area contributed by atoms with Crippen molar-refractivity contribution in [2.24, 2.45) is 5.92 Å². The van der Waals surface area contributed by atoms with Crippen molar-refractivity contribution in [2.45, 2.75) is 13.3 Å². The van der Waals surface area contributed by atoms with Crippen molar-refractivity contribution in [1.29, 1.82) is 5.26 Å². The lowest BCUT2D eigenvalue weighted by atomic mass is 10.0. The fourth-order valence-electron chi connectivity index (χ4n) is 1.30. The number of nitrogens with zero attached hydrogens (tertiary/aromatic N) is 1. The van der Waals surface area contributed by atoms with Crippen LogP contribution in [0.1, 0.15) is 12.5 Å². The predicted octanol–water partition coefficient (Wildman–Crippen LogP) is 1.93. The molecule has 0 saturated heterocycles. The zero-order chi connectivity index (χ0) is 11.1. The molecule has 1 aromatic carbocycles. The summed E-state index contributed by atoms with van der Waals surface area (Å²) in [7, 11) is 0. The number of esters is 1. The Morgan fingerprint density at radius 2 is 2.13 bits per heavy atom. The molecule has 0 heterocycles. The highest BCUT2D eigenvalue weighted by Crippen LogP contribution is 2.09. The first-order chi connectivity index (χ1) is 7.24. The Morgan fingerprint density at radius 1 is 1.47 bits per heavy atom. The second-order valence-corrected chi connectivity index (χ2v) is 3.36. The number of rotatable bonds is 4. The Kier molecular flexibility index (Phi) is 4.36. The van der Waals surface area contributed by atoms with Gasteiger partial charge in [0.25, 0.3) is 0 Å². The first-order valence-electron chi connectivity index (χ1n) is 4.81. The maximum atomic E-state index is 11.3. The van der Waals surface area contributed by atoms with Gasteiger partial charge in [0, 0.05) is 0 Å². The highest BCUT2D eigenvalue weighted by atomic mass is 16.5. The molecule has 1 rings (SSSR count). The second kappa shape index (κ2) is 5.82. The van der Waals surface area contributed by atoms with Crippen LogP contribution in [0.4, 0.5) is 0 Å². The van der Waals surface area contributed by atoms with Crippen LogP contribution in [0.25, 0.3) is 0 Å². The van der Waals surface area contributed by atoms with Crippen LogP contribution in [-0.4, -0.2) is 12.6 Å². The lowest BCUT2D eigenvalue weighted by Crippen LogP contribution is -2.17. The van der Waals surface area contributed by atoms with Gasteiger partial charge >= 0.3 is 5.97 Å². The topological polar surface area (TPSA) is 50.1 Å². The molecule has 3 heteroatoms. The molecular weight excluding hydrogens is 190 g/mol. The van der Waals surface area contributed by atoms with Crippen LogP contribution in [0.5, 0.6) is 0 Å². The van der Waals surface area contributed by atoms with Crippen LogP contribution in [-0.2, 0) is 16.0 Å². The highest BCUT2D eigenvalue weighted by Gasteiger charge is 2.14. The average Bonchev–Trinajstić information content (AvgIpc) is 2.27. The summed E-state index contributed by atoms with van der Waals surface area (Å²) in [4.78, 5) is 11.3. The van der Waals surface area contributed by atoms with E-state index in [4.69, 9.17) is 10.00 Å². The summed E-state index contributed by atoms with van der Waals surface area (Å²) in [6.45, 7) is 1.63. The zero-order valence-corrected chi connectivity index (χ0v) is 8.64. The van der Waals surface area contributed by atoms with Crippen LogP contribution in [0.3, 0.4) is 0 Å². The Morgan fingerprint density at radius 3 is 2.73 bits per heavy atom. The minimum atomic E-state index is -0.319. The molecule has 0 spiro atoms. The number of benzene rings is 1. The average molecular weight is 203 g/mol. The molecule has 0 aromatic heterocycles. The molecule has 1 atom stereocenters. The fourth-order valence-corrected chi connectivity index (χ4v) is 1.30. The van der Waals surface area contributed by atoms with Crippen molar-refractivity contribution >= 4 is 5.97 Å². The normalized spacial score (nSPS) is 11.5. The van der Waals surface area contributed by atoms with Crippen LogP contribution in [0.2, 0.25) is 0 Å². The summed E-state index contributed by atoms with van der Waals surface area (Å²) < 4.78 is 4.73. The summed E-state index contributed by atoms with van der Waals surface area (Å²) in [5.41, 5.74) is 1.10. The molecule has 0 saturated carbocycles. The van der Waals surface area contributed by atoms with E-state index < -0.39 is 0 Å². The third-order valence-corrected chi connectivity index (χ3v) is 2.07. The molecule has 0 aliphatic heterocycles. The molecular formula is C12H13NO2. The molecule has 0 amide bonds.